The van der Waals surface area contributed by atoms with Crippen LogP contribution in [0.1, 0.15) is 52.9 Å². The number of likely N-dealkylation sites (tertiary alicyclic amines) is 1. The van der Waals surface area contributed by atoms with Crippen LogP contribution in [0.15, 0.2) is 0 Å². The number of carbonyl (C=O) groups excluding carboxylic acids is 1. The molecule has 1 atom stereocenters. The number of hydrogen-bond donors (Lipinski definition) is 2. The van der Waals surface area contributed by atoms with Gasteiger partial charge in [-0.15, -0.1) is 0 Å². The maximum atomic E-state index is 12.7. The first-order chi connectivity index (χ1) is 10.00. The zero-order valence-electron chi connectivity index (χ0n) is 13.8. The number of nitrogens with zero attached hydrogens (tertiary/aromatic N) is 1. The highest BCUT2D eigenvalue weighted by Crippen LogP contribution is 2.31. The van der Waals surface area contributed by atoms with Gasteiger partial charge in [-0.3, -0.25) is 4.79 Å². The summed E-state index contributed by atoms with van der Waals surface area (Å²) in [6.45, 7) is 10.4. The van der Waals surface area contributed by atoms with Gasteiger partial charge in [0.2, 0.25) is 5.91 Å². The number of rotatable bonds is 9. The minimum Gasteiger partial charge on any atom is -0.392 e. The molecular weight excluding hydrogens is 282 g/mol. The summed E-state index contributed by atoms with van der Waals surface area (Å²) in [6, 6.07) is 0. The van der Waals surface area contributed by atoms with E-state index < -0.39 is 5.41 Å². The average Bonchev–Trinajstić information content (AvgIpc) is 2.92. The molecular formula is C16H31N3OS. The van der Waals surface area contributed by atoms with Gasteiger partial charge in [0.25, 0.3) is 0 Å². The Hall–Kier alpha value is -0.680. The van der Waals surface area contributed by atoms with E-state index in [0.29, 0.717) is 10.9 Å². The first kappa shape index (κ1) is 18.4. The lowest BCUT2D eigenvalue weighted by molar-refractivity contribution is -0.128. The van der Waals surface area contributed by atoms with Crippen molar-refractivity contribution in [1.82, 2.24) is 10.2 Å². The molecule has 1 aliphatic heterocycles. The van der Waals surface area contributed by atoms with Crippen LogP contribution in [0, 0.1) is 11.3 Å². The van der Waals surface area contributed by atoms with Gasteiger partial charge in [-0.05, 0) is 38.3 Å². The molecule has 1 rings (SSSR count). The first-order valence-corrected chi connectivity index (χ1v) is 8.71. The van der Waals surface area contributed by atoms with Crippen molar-refractivity contribution in [1.29, 1.82) is 0 Å². The zero-order chi connectivity index (χ0) is 15.9. The third-order valence-electron chi connectivity index (χ3n) is 4.63. The Morgan fingerprint density at radius 3 is 2.38 bits per heavy atom. The van der Waals surface area contributed by atoms with E-state index in [-0.39, 0.29) is 5.91 Å². The molecule has 0 aromatic heterocycles. The Morgan fingerprint density at radius 2 is 1.95 bits per heavy atom. The lowest BCUT2D eigenvalue weighted by Gasteiger charge is -2.31. The lowest BCUT2D eigenvalue weighted by atomic mass is 9.78. The second kappa shape index (κ2) is 8.69. The molecule has 4 nitrogen and oxygen atoms in total. The molecule has 0 radical (unpaired) electrons. The van der Waals surface area contributed by atoms with E-state index in [4.69, 9.17) is 18.0 Å². The second-order valence-corrected chi connectivity index (χ2v) is 6.64. The largest absolute Gasteiger partial charge is 0.392 e. The molecule has 0 bridgehead atoms. The normalized spacial score (nSPS) is 19.7. The predicted octanol–water partition coefficient (Wildman–Crippen LogP) is 2.32. The third-order valence-corrected chi connectivity index (χ3v) is 5.02. The van der Waals surface area contributed by atoms with Gasteiger partial charge in [0.05, 0.1) is 10.4 Å². The molecule has 3 N–H and O–H groups in total. The Kier molecular flexibility index (Phi) is 7.60. The summed E-state index contributed by atoms with van der Waals surface area (Å²) in [5.74, 6) is 0.592. The molecule has 0 spiro atoms. The van der Waals surface area contributed by atoms with Crippen LogP contribution in [-0.4, -0.2) is 42.0 Å². The van der Waals surface area contributed by atoms with E-state index >= 15 is 0 Å². The smallest absolute Gasteiger partial charge is 0.233 e. The Bertz CT molecular complexity index is 353. The van der Waals surface area contributed by atoms with E-state index in [1.165, 1.54) is 0 Å². The molecule has 1 unspecified atom stereocenters. The Labute approximate surface area is 134 Å². The van der Waals surface area contributed by atoms with Gasteiger partial charge in [-0.2, -0.15) is 0 Å². The lowest BCUT2D eigenvalue weighted by Crippen LogP contribution is -2.50. The Morgan fingerprint density at radius 1 is 1.33 bits per heavy atom. The molecule has 0 aliphatic carbocycles. The quantitative estimate of drug-likeness (QED) is 0.641. The molecule has 1 saturated heterocycles. The SMILES string of the molecule is CCCC(CCC)(C(=O)NCC1CCN(CC)C1)C(N)=S. The molecule has 122 valence electrons. The highest BCUT2D eigenvalue weighted by Gasteiger charge is 2.40. The van der Waals surface area contributed by atoms with E-state index in [1.807, 2.05) is 0 Å². The van der Waals surface area contributed by atoms with E-state index in [0.717, 1.165) is 58.3 Å². The van der Waals surface area contributed by atoms with Crippen LogP contribution in [0.5, 0.6) is 0 Å². The summed E-state index contributed by atoms with van der Waals surface area (Å²) in [4.78, 5) is 15.5. The summed E-state index contributed by atoms with van der Waals surface area (Å²) in [6.07, 6.45) is 4.48. The fourth-order valence-electron chi connectivity index (χ4n) is 3.34. The maximum Gasteiger partial charge on any atom is 0.233 e. The molecule has 0 aromatic carbocycles. The van der Waals surface area contributed by atoms with Gasteiger partial charge < -0.3 is 16.0 Å². The van der Waals surface area contributed by atoms with Crippen LogP contribution in [0.25, 0.3) is 0 Å². The molecule has 1 heterocycles. The molecule has 5 heteroatoms. The zero-order valence-corrected chi connectivity index (χ0v) is 14.6. The van der Waals surface area contributed by atoms with Crippen molar-refractivity contribution in [3.8, 4) is 0 Å². The van der Waals surface area contributed by atoms with Gasteiger partial charge in [0, 0.05) is 13.1 Å². The van der Waals surface area contributed by atoms with Crippen molar-refractivity contribution in [2.45, 2.75) is 52.9 Å². The van der Waals surface area contributed by atoms with Crippen molar-refractivity contribution in [3.05, 3.63) is 0 Å². The standard InChI is InChI=1S/C16H31N3OS/c1-4-8-16(9-5-2,14(17)21)15(20)18-11-13-7-10-19(6-3)12-13/h13H,4-12H2,1-3H3,(H2,17,21)(H,18,20). The monoisotopic (exact) mass is 313 g/mol. The molecule has 0 saturated carbocycles. The van der Waals surface area contributed by atoms with E-state index in [9.17, 15) is 4.79 Å². The van der Waals surface area contributed by atoms with Crippen LogP contribution < -0.4 is 11.1 Å². The van der Waals surface area contributed by atoms with Crippen molar-refractivity contribution in [3.63, 3.8) is 0 Å². The van der Waals surface area contributed by atoms with Gasteiger partial charge >= 0.3 is 0 Å². The minimum atomic E-state index is -0.651. The Balaban J connectivity index is 2.62. The fraction of sp³-hybridized carbons (Fsp3) is 0.875. The molecule has 1 aliphatic rings. The van der Waals surface area contributed by atoms with Gasteiger partial charge in [0.1, 0.15) is 0 Å². The van der Waals surface area contributed by atoms with Gasteiger partial charge in [-0.25, -0.2) is 0 Å². The van der Waals surface area contributed by atoms with Crippen LogP contribution in [-0.2, 0) is 4.79 Å². The topological polar surface area (TPSA) is 58.4 Å². The van der Waals surface area contributed by atoms with Gasteiger partial charge in [-0.1, -0.05) is 45.8 Å². The molecule has 1 fully saturated rings. The average molecular weight is 314 g/mol. The number of thiocarbonyl (C=S) groups is 1. The van der Waals surface area contributed by atoms with Crippen LogP contribution >= 0.6 is 12.2 Å². The summed E-state index contributed by atoms with van der Waals surface area (Å²) in [7, 11) is 0. The number of amides is 1. The minimum absolute atomic E-state index is 0.0358. The summed E-state index contributed by atoms with van der Waals surface area (Å²) in [5.41, 5.74) is 5.28. The first-order valence-electron chi connectivity index (χ1n) is 8.30. The number of nitrogens with one attached hydrogen (secondary N) is 1. The number of carbonyl (C=O) groups is 1. The third kappa shape index (κ3) is 4.65. The predicted molar refractivity (Wildman–Crippen MR) is 92.3 cm³/mol. The van der Waals surface area contributed by atoms with E-state index in [2.05, 4.69) is 31.0 Å². The van der Waals surface area contributed by atoms with Crippen LogP contribution in [0.4, 0.5) is 0 Å². The maximum absolute atomic E-state index is 12.7. The van der Waals surface area contributed by atoms with E-state index in [1.54, 1.807) is 0 Å². The number of nitrogens with two attached hydrogens (primary N) is 1. The number of hydrogen-bond acceptors (Lipinski definition) is 3. The summed E-state index contributed by atoms with van der Waals surface area (Å²) >= 11 is 5.23. The van der Waals surface area contributed by atoms with Crippen molar-refractivity contribution in [2.24, 2.45) is 17.1 Å². The molecule has 0 aromatic rings. The highest BCUT2D eigenvalue weighted by molar-refractivity contribution is 7.80. The summed E-state index contributed by atoms with van der Waals surface area (Å²) < 4.78 is 0. The molecule has 1 amide bonds. The summed E-state index contributed by atoms with van der Waals surface area (Å²) in [5, 5.41) is 3.13. The highest BCUT2D eigenvalue weighted by atomic mass is 32.1. The van der Waals surface area contributed by atoms with Crippen molar-refractivity contribution < 1.29 is 4.79 Å². The van der Waals surface area contributed by atoms with Crippen LogP contribution in [0.3, 0.4) is 0 Å². The molecule has 21 heavy (non-hydrogen) atoms. The van der Waals surface area contributed by atoms with Crippen molar-refractivity contribution >= 4 is 23.1 Å². The fourth-order valence-corrected chi connectivity index (χ4v) is 3.63. The van der Waals surface area contributed by atoms with Gasteiger partial charge in [0.15, 0.2) is 0 Å². The van der Waals surface area contributed by atoms with Crippen LogP contribution in [0.2, 0.25) is 0 Å². The second-order valence-electron chi connectivity index (χ2n) is 6.20. The van der Waals surface area contributed by atoms with Crippen molar-refractivity contribution in [2.75, 3.05) is 26.2 Å².